The molecule has 1 heterocycles. The van der Waals surface area contributed by atoms with E-state index in [-0.39, 0.29) is 17.9 Å². The molecule has 2 amide bonds. The minimum Gasteiger partial charge on any atom is -0.496 e. The molecular weight excluding hydrogens is 354 g/mol. The molecule has 3 rings (SSSR count). The van der Waals surface area contributed by atoms with Crippen LogP contribution in [-0.2, 0) is 9.59 Å². The molecule has 2 atom stereocenters. The van der Waals surface area contributed by atoms with E-state index in [0.29, 0.717) is 25.4 Å². The Kier molecular flexibility index (Phi) is 7.31. The van der Waals surface area contributed by atoms with E-state index >= 15 is 0 Å². The van der Waals surface area contributed by atoms with Gasteiger partial charge in [-0.3, -0.25) is 9.59 Å². The van der Waals surface area contributed by atoms with E-state index in [1.165, 1.54) is 19.3 Å². The SMILES string of the molecule is COc1ccccc1C1CNCCN1C(=O)C(C)NC(=O)CC1CCCCC1. The third-order valence-electron chi connectivity index (χ3n) is 5.97. The lowest BCUT2D eigenvalue weighted by atomic mass is 9.87. The highest BCUT2D eigenvalue weighted by Gasteiger charge is 2.32. The summed E-state index contributed by atoms with van der Waals surface area (Å²) in [6.07, 6.45) is 6.50. The lowest BCUT2D eigenvalue weighted by molar-refractivity contribution is -0.139. The highest BCUT2D eigenvalue weighted by atomic mass is 16.5. The molecule has 2 N–H and O–H groups in total. The first-order valence-corrected chi connectivity index (χ1v) is 10.5. The summed E-state index contributed by atoms with van der Waals surface area (Å²) in [7, 11) is 1.65. The molecule has 0 spiro atoms. The second-order valence-corrected chi connectivity index (χ2v) is 7.99. The Morgan fingerprint density at radius 3 is 2.75 bits per heavy atom. The van der Waals surface area contributed by atoms with Gasteiger partial charge in [0.25, 0.3) is 0 Å². The van der Waals surface area contributed by atoms with Gasteiger partial charge in [0.1, 0.15) is 11.8 Å². The van der Waals surface area contributed by atoms with Crippen molar-refractivity contribution in [2.75, 3.05) is 26.7 Å². The first-order valence-electron chi connectivity index (χ1n) is 10.5. The molecule has 0 bridgehead atoms. The molecular formula is C22H33N3O3. The van der Waals surface area contributed by atoms with Crippen molar-refractivity contribution in [2.24, 2.45) is 5.92 Å². The number of benzene rings is 1. The number of carbonyl (C=O) groups excluding carboxylic acids is 2. The molecule has 154 valence electrons. The first kappa shape index (κ1) is 20.6. The summed E-state index contributed by atoms with van der Waals surface area (Å²) >= 11 is 0. The van der Waals surface area contributed by atoms with Crippen LogP contribution in [0.15, 0.2) is 24.3 Å². The molecule has 2 unspecified atom stereocenters. The molecule has 2 fully saturated rings. The van der Waals surface area contributed by atoms with Gasteiger partial charge in [0.05, 0.1) is 13.2 Å². The van der Waals surface area contributed by atoms with Crippen LogP contribution in [0.1, 0.15) is 57.1 Å². The van der Waals surface area contributed by atoms with Gasteiger partial charge >= 0.3 is 0 Å². The maximum atomic E-state index is 13.2. The van der Waals surface area contributed by atoms with Gasteiger partial charge in [-0.1, -0.05) is 37.5 Å². The average molecular weight is 388 g/mol. The summed E-state index contributed by atoms with van der Waals surface area (Å²) in [5.41, 5.74) is 0.992. The van der Waals surface area contributed by atoms with Crippen molar-refractivity contribution in [3.63, 3.8) is 0 Å². The van der Waals surface area contributed by atoms with Crippen molar-refractivity contribution in [3.8, 4) is 5.75 Å². The van der Waals surface area contributed by atoms with Crippen LogP contribution in [-0.4, -0.2) is 49.5 Å². The summed E-state index contributed by atoms with van der Waals surface area (Å²) in [5.74, 6) is 1.21. The van der Waals surface area contributed by atoms with Crippen molar-refractivity contribution in [3.05, 3.63) is 29.8 Å². The second kappa shape index (κ2) is 9.92. The number of carbonyl (C=O) groups is 2. The zero-order chi connectivity index (χ0) is 19.9. The van der Waals surface area contributed by atoms with Crippen LogP contribution < -0.4 is 15.4 Å². The molecule has 1 aliphatic heterocycles. The normalized spacial score (nSPS) is 21.8. The van der Waals surface area contributed by atoms with Crippen LogP contribution >= 0.6 is 0 Å². The summed E-state index contributed by atoms with van der Waals surface area (Å²) in [6, 6.07) is 7.19. The number of para-hydroxylation sites is 1. The number of methoxy groups -OCH3 is 1. The maximum Gasteiger partial charge on any atom is 0.245 e. The van der Waals surface area contributed by atoms with Crippen LogP contribution in [0.3, 0.4) is 0 Å². The zero-order valence-corrected chi connectivity index (χ0v) is 17.1. The van der Waals surface area contributed by atoms with E-state index in [1.54, 1.807) is 14.0 Å². The average Bonchev–Trinajstić information content (AvgIpc) is 2.73. The van der Waals surface area contributed by atoms with Gasteiger partial charge in [-0.05, 0) is 31.7 Å². The molecule has 0 radical (unpaired) electrons. The van der Waals surface area contributed by atoms with Crippen LogP contribution in [0.5, 0.6) is 5.75 Å². The Morgan fingerprint density at radius 1 is 1.25 bits per heavy atom. The molecule has 0 aromatic heterocycles. The largest absolute Gasteiger partial charge is 0.496 e. The lowest BCUT2D eigenvalue weighted by Gasteiger charge is -2.38. The van der Waals surface area contributed by atoms with E-state index in [1.807, 2.05) is 29.2 Å². The van der Waals surface area contributed by atoms with Gasteiger partial charge in [0.2, 0.25) is 11.8 Å². The van der Waals surface area contributed by atoms with Crippen LogP contribution in [0.4, 0.5) is 0 Å². The number of hydrogen-bond donors (Lipinski definition) is 2. The Hall–Kier alpha value is -2.08. The van der Waals surface area contributed by atoms with Gasteiger partial charge < -0.3 is 20.3 Å². The number of nitrogens with one attached hydrogen (secondary N) is 2. The Labute approximate surface area is 168 Å². The molecule has 6 nitrogen and oxygen atoms in total. The fraction of sp³-hybridized carbons (Fsp3) is 0.636. The Morgan fingerprint density at radius 2 is 2.00 bits per heavy atom. The first-order chi connectivity index (χ1) is 13.6. The predicted molar refractivity (Wildman–Crippen MR) is 109 cm³/mol. The third kappa shape index (κ3) is 5.04. The molecule has 1 aromatic rings. The number of amides is 2. The maximum absolute atomic E-state index is 13.2. The van der Waals surface area contributed by atoms with Gasteiger partial charge in [0, 0.05) is 31.6 Å². The molecule has 1 saturated carbocycles. The standard InChI is InChI=1S/C22H33N3O3/c1-16(24-21(26)14-17-8-4-3-5-9-17)22(27)25-13-12-23-15-19(25)18-10-6-7-11-20(18)28-2/h6-7,10-11,16-17,19,23H,3-5,8-9,12-15H2,1-2H3,(H,24,26). The Balaban J connectivity index is 1.64. The Bertz CT molecular complexity index is 673. The van der Waals surface area contributed by atoms with E-state index in [9.17, 15) is 9.59 Å². The predicted octanol–water partition coefficient (Wildman–Crippen LogP) is 2.64. The molecule has 2 aliphatic rings. The lowest BCUT2D eigenvalue weighted by Crippen LogP contribution is -2.54. The third-order valence-corrected chi connectivity index (χ3v) is 5.97. The minimum atomic E-state index is -0.522. The fourth-order valence-electron chi connectivity index (χ4n) is 4.45. The number of nitrogens with zero attached hydrogens (tertiary/aromatic N) is 1. The van der Waals surface area contributed by atoms with Crippen LogP contribution in [0, 0.1) is 5.92 Å². The number of rotatable bonds is 6. The molecule has 1 saturated heterocycles. The number of ether oxygens (including phenoxy) is 1. The van der Waals surface area contributed by atoms with Crippen LogP contribution in [0.25, 0.3) is 0 Å². The minimum absolute atomic E-state index is 0.00303. The monoisotopic (exact) mass is 387 g/mol. The van der Waals surface area contributed by atoms with Crippen molar-refractivity contribution < 1.29 is 14.3 Å². The second-order valence-electron chi connectivity index (χ2n) is 7.99. The number of hydrogen-bond acceptors (Lipinski definition) is 4. The zero-order valence-electron chi connectivity index (χ0n) is 17.1. The van der Waals surface area contributed by atoms with E-state index in [2.05, 4.69) is 10.6 Å². The van der Waals surface area contributed by atoms with Crippen LogP contribution in [0.2, 0.25) is 0 Å². The molecule has 6 heteroatoms. The summed E-state index contributed by atoms with van der Waals surface area (Å²) in [4.78, 5) is 27.5. The highest BCUT2D eigenvalue weighted by molar-refractivity contribution is 5.87. The van der Waals surface area contributed by atoms with Crippen molar-refractivity contribution >= 4 is 11.8 Å². The topological polar surface area (TPSA) is 70.7 Å². The van der Waals surface area contributed by atoms with E-state index < -0.39 is 6.04 Å². The summed E-state index contributed by atoms with van der Waals surface area (Å²) < 4.78 is 5.50. The summed E-state index contributed by atoms with van der Waals surface area (Å²) in [6.45, 7) is 3.84. The molecule has 1 aliphatic carbocycles. The molecule has 1 aromatic carbocycles. The van der Waals surface area contributed by atoms with E-state index in [4.69, 9.17) is 4.74 Å². The van der Waals surface area contributed by atoms with E-state index in [0.717, 1.165) is 30.7 Å². The van der Waals surface area contributed by atoms with Gasteiger partial charge in [-0.2, -0.15) is 0 Å². The van der Waals surface area contributed by atoms with Gasteiger partial charge in [0.15, 0.2) is 0 Å². The van der Waals surface area contributed by atoms with Crippen molar-refractivity contribution in [1.29, 1.82) is 0 Å². The fourth-order valence-corrected chi connectivity index (χ4v) is 4.45. The van der Waals surface area contributed by atoms with Gasteiger partial charge in [-0.15, -0.1) is 0 Å². The summed E-state index contributed by atoms with van der Waals surface area (Å²) in [5, 5.41) is 6.31. The quantitative estimate of drug-likeness (QED) is 0.787. The van der Waals surface area contributed by atoms with Crippen molar-refractivity contribution in [1.82, 2.24) is 15.5 Å². The highest BCUT2D eigenvalue weighted by Crippen LogP contribution is 2.30. The molecule has 28 heavy (non-hydrogen) atoms. The number of piperazine rings is 1. The van der Waals surface area contributed by atoms with Crippen molar-refractivity contribution in [2.45, 2.75) is 57.5 Å². The smallest absolute Gasteiger partial charge is 0.245 e. The van der Waals surface area contributed by atoms with Gasteiger partial charge in [-0.25, -0.2) is 0 Å².